The van der Waals surface area contributed by atoms with Gasteiger partial charge in [0, 0.05) is 0 Å². The third kappa shape index (κ3) is 4.15. The van der Waals surface area contributed by atoms with Gasteiger partial charge in [-0.3, -0.25) is 0 Å². The van der Waals surface area contributed by atoms with Gasteiger partial charge in [-0.05, 0) is 12.3 Å². The molecule has 0 N–H and O–H groups in total. The highest BCUT2D eigenvalue weighted by Crippen LogP contribution is 2.49. The molecule has 146 valence electrons. The van der Waals surface area contributed by atoms with Crippen molar-refractivity contribution >= 4 is 23.5 Å². The number of alkyl halides is 1. The molecule has 0 aliphatic carbocycles. The first-order valence-corrected chi connectivity index (χ1v) is 8.38. The summed E-state index contributed by atoms with van der Waals surface area (Å²) < 4.78 is 25.9. The molecular formula is C18H25ClO7. The van der Waals surface area contributed by atoms with Crippen molar-refractivity contribution in [3.63, 3.8) is 0 Å². The van der Waals surface area contributed by atoms with Crippen LogP contribution < -0.4 is 14.2 Å². The van der Waals surface area contributed by atoms with E-state index in [9.17, 15) is 9.59 Å². The van der Waals surface area contributed by atoms with E-state index in [0.29, 0.717) is 12.0 Å². The molecule has 1 aromatic rings. The molecule has 1 atom stereocenters. The van der Waals surface area contributed by atoms with Crippen molar-refractivity contribution in [3.8, 4) is 17.2 Å². The van der Waals surface area contributed by atoms with E-state index in [4.69, 9.17) is 35.3 Å². The maximum atomic E-state index is 12.4. The summed E-state index contributed by atoms with van der Waals surface area (Å²) in [5.74, 6) is -1.01. The van der Waals surface area contributed by atoms with Gasteiger partial charge in [0.25, 0.3) is 0 Å². The fourth-order valence-corrected chi connectivity index (χ4v) is 3.28. The smallest absolute Gasteiger partial charge is 0.345 e. The highest BCUT2D eigenvalue weighted by atomic mass is 35.5. The quantitative estimate of drug-likeness (QED) is 0.497. The maximum absolute atomic E-state index is 12.4. The molecule has 1 aromatic carbocycles. The summed E-state index contributed by atoms with van der Waals surface area (Å²) in [6.45, 7) is 4.00. The zero-order valence-electron chi connectivity index (χ0n) is 16.1. The van der Waals surface area contributed by atoms with E-state index >= 15 is 0 Å². The number of halogens is 1. The molecule has 0 aromatic heterocycles. The Kier molecular flexibility index (Phi) is 8.02. The molecule has 0 fully saturated rings. The predicted molar refractivity (Wildman–Crippen MR) is 96.8 cm³/mol. The topological polar surface area (TPSA) is 80.3 Å². The molecule has 0 saturated heterocycles. The lowest BCUT2D eigenvalue weighted by Gasteiger charge is -2.24. The lowest BCUT2D eigenvalue weighted by molar-refractivity contribution is 0.0586. The second-order valence-corrected chi connectivity index (χ2v) is 6.37. The Labute approximate surface area is 158 Å². The molecular weight excluding hydrogens is 364 g/mol. The summed E-state index contributed by atoms with van der Waals surface area (Å²) in [6.07, 6.45) is 0.557. The fourth-order valence-electron chi connectivity index (χ4n) is 2.72. The summed E-state index contributed by atoms with van der Waals surface area (Å²) in [5.41, 5.74) is 0.262. The first-order valence-electron chi connectivity index (χ1n) is 7.95. The van der Waals surface area contributed by atoms with Crippen LogP contribution in [0.3, 0.4) is 0 Å². The molecule has 0 spiro atoms. The fraction of sp³-hybridized carbons (Fsp3) is 0.556. The molecule has 0 saturated carbocycles. The normalized spacial score (nSPS) is 11.7. The first kappa shape index (κ1) is 21.9. The van der Waals surface area contributed by atoms with Crippen LogP contribution in [0.5, 0.6) is 17.2 Å². The highest BCUT2D eigenvalue weighted by Gasteiger charge is 2.36. The number of hydrogen-bond acceptors (Lipinski definition) is 7. The first-order chi connectivity index (χ1) is 12.3. The lowest BCUT2D eigenvalue weighted by atomic mass is 9.94. The number of hydrogen-bond donors (Lipinski definition) is 0. The van der Waals surface area contributed by atoms with Crippen LogP contribution in [0, 0.1) is 5.92 Å². The molecule has 0 radical (unpaired) electrons. The van der Waals surface area contributed by atoms with Crippen molar-refractivity contribution in [1.82, 2.24) is 0 Å². The van der Waals surface area contributed by atoms with Crippen molar-refractivity contribution in [3.05, 3.63) is 16.7 Å². The molecule has 8 heteroatoms. The second-order valence-electron chi connectivity index (χ2n) is 5.84. The molecule has 0 heterocycles. The highest BCUT2D eigenvalue weighted by molar-refractivity contribution is 6.22. The molecule has 1 unspecified atom stereocenters. The number of ether oxygens (including phenoxy) is 5. The van der Waals surface area contributed by atoms with Gasteiger partial charge in [0.1, 0.15) is 22.6 Å². The summed E-state index contributed by atoms with van der Waals surface area (Å²) in [5, 5.41) is -0.586. The van der Waals surface area contributed by atoms with Crippen molar-refractivity contribution < 1.29 is 33.3 Å². The Hall–Kier alpha value is -2.15. The van der Waals surface area contributed by atoms with Crippen LogP contribution in [0.1, 0.15) is 51.9 Å². The molecule has 0 aliphatic rings. The largest absolute Gasteiger partial charge is 0.495 e. The van der Waals surface area contributed by atoms with Crippen LogP contribution >= 0.6 is 11.6 Å². The van der Waals surface area contributed by atoms with Crippen molar-refractivity contribution in [2.75, 3.05) is 35.5 Å². The Bertz CT molecular complexity index is 625. The summed E-state index contributed by atoms with van der Waals surface area (Å²) in [4.78, 5) is 24.8. The standard InChI is InChI=1S/C18H25ClO7/c1-9(2)8-10(19)11-14(22-3)12(17(20)25-6)16(24-5)13(15(11)23-4)18(21)26-7/h9-10H,8H2,1-7H3. The van der Waals surface area contributed by atoms with E-state index in [0.717, 1.165) is 0 Å². The Balaban J connectivity index is 4.03. The van der Waals surface area contributed by atoms with Gasteiger partial charge in [-0.1, -0.05) is 13.8 Å². The van der Waals surface area contributed by atoms with Gasteiger partial charge in [0.2, 0.25) is 0 Å². The van der Waals surface area contributed by atoms with E-state index in [2.05, 4.69) is 0 Å². The summed E-state index contributed by atoms with van der Waals surface area (Å²) >= 11 is 6.60. The van der Waals surface area contributed by atoms with Crippen LogP contribution in [-0.4, -0.2) is 47.5 Å². The van der Waals surface area contributed by atoms with E-state index in [1.165, 1.54) is 35.5 Å². The predicted octanol–water partition coefficient (Wildman–Crippen LogP) is 3.61. The minimum atomic E-state index is -0.735. The van der Waals surface area contributed by atoms with Crippen molar-refractivity contribution in [2.24, 2.45) is 5.92 Å². The van der Waals surface area contributed by atoms with Gasteiger partial charge < -0.3 is 23.7 Å². The third-order valence-electron chi connectivity index (χ3n) is 3.78. The molecule has 7 nitrogen and oxygen atoms in total. The van der Waals surface area contributed by atoms with Crippen molar-refractivity contribution in [1.29, 1.82) is 0 Å². The molecule has 26 heavy (non-hydrogen) atoms. The van der Waals surface area contributed by atoms with Crippen LogP contribution in [-0.2, 0) is 9.47 Å². The van der Waals surface area contributed by atoms with E-state index in [-0.39, 0.29) is 34.3 Å². The minimum Gasteiger partial charge on any atom is -0.495 e. The van der Waals surface area contributed by atoms with Crippen LogP contribution in [0.15, 0.2) is 0 Å². The zero-order chi connectivity index (χ0) is 20.0. The van der Waals surface area contributed by atoms with Gasteiger partial charge in [-0.25, -0.2) is 9.59 Å². The van der Waals surface area contributed by atoms with E-state index in [1.54, 1.807) is 0 Å². The van der Waals surface area contributed by atoms with Gasteiger partial charge in [-0.15, -0.1) is 11.6 Å². The van der Waals surface area contributed by atoms with Gasteiger partial charge in [0.15, 0.2) is 5.75 Å². The minimum absolute atomic E-state index is 0.0527. The number of carbonyl (C=O) groups is 2. The molecule has 0 aliphatic heterocycles. The average molecular weight is 389 g/mol. The molecule has 0 bridgehead atoms. The number of rotatable bonds is 8. The number of carbonyl (C=O) groups excluding carboxylic acids is 2. The monoisotopic (exact) mass is 388 g/mol. The van der Waals surface area contributed by atoms with Crippen LogP contribution in [0.4, 0.5) is 0 Å². The van der Waals surface area contributed by atoms with Crippen molar-refractivity contribution in [2.45, 2.75) is 25.6 Å². The molecule has 0 amide bonds. The van der Waals surface area contributed by atoms with E-state index in [1.807, 2.05) is 13.8 Å². The van der Waals surface area contributed by atoms with Gasteiger partial charge >= 0.3 is 11.9 Å². The Morgan fingerprint density at radius 3 is 1.46 bits per heavy atom. The Morgan fingerprint density at radius 1 is 0.808 bits per heavy atom. The third-order valence-corrected chi connectivity index (χ3v) is 4.18. The SMILES string of the molecule is COC(=O)c1c(OC)c(C(=O)OC)c(OC)c(C(Cl)CC(C)C)c1OC. The summed E-state index contributed by atoms with van der Waals surface area (Å²) in [7, 11) is 6.53. The number of methoxy groups -OCH3 is 5. The average Bonchev–Trinajstić information content (AvgIpc) is 2.63. The van der Waals surface area contributed by atoms with Crippen LogP contribution in [0.2, 0.25) is 0 Å². The van der Waals surface area contributed by atoms with Gasteiger partial charge in [0.05, 0.1) is 46.5 Å². The second kappa shape index (κ2) is 9.52. The van der Waals surface area contributed by atoms with Crippen LogP contribution in [0.25, 0.3) is 0 Å². The lowest BCUT2D eigenvalue weighted by Crippen LogP contribution is -2.17. The number of esters is 2. The maximum Gasteiger partial charge on any atom is 0.345 e. The van der Waals surface area contributed by atoms with Gasteiger partial charge in [-0.2, -0.15) is 0 Å². The Morgan fingerprint density at radius 2 is 1.19 bits per heavy atom. The summed E-state index contributed by atoms with van der Waals surface area (Å²) in [6, 6.07) is 0. The molecule has 1 rings (SSSR count). The van der Waals surface area contributed by atoms with E-state index < -0.39 is 17.3 Å². The number of benzene rings is 1. The zero-order valence-corrected chi connectivity index (χ0v) is 16.9.